The maximum absolute atomic E-state index is 12.8. The van der Waals surface area contributed by atoms with Crippen LogP contribution in [-0.4, -0.2) is 27.8 Å². The fourth-order valence-corrected chi connectivity index (χ4v) is 3.74. The number of fused-ring (bicyclic) bond motifs is 1. The van der Waals surface area contributed by atoms with Gasteiger partial charge in [0.15, 0.2) is 5.78 Å². The Balaban J connectivity index is 1.50. The van der Waals surface area contributed by atoms with Crippen LogP contribution < -0.4 is 5.32 Å². The van der Waals surface area contributed by atoms with E-state index >= 15 is 0 Å². The van der Waals surface area contributed by atoms with E-state index < -0.39 is 0 Å². The van der Waals surface area contributed by atoms with Crippen molar-refractivity contribution in [2.24, 2.45) is 0 Å². The number of halogens is 2. The predicted octanol–water partition coefficient (Wildman–Crippen LogP) is 5.31. The first-order chi connectivity index (χ1) is 15.0. The van der Waals surface area contributed by atoms with Crippen LogP contribution in [0.15, 0.2) is 77.3 Å². The second-order valence-electron chi connectivity index (χ2n) is 7.05. The van der Waals surface area contributed by atoms with Gasteiger partial charge in [-0.05, 0) is 60.7 Å². The molecular formula is C24H19BrClN3O2. The molecule has 5 nitrogen and oxygen atoms in total. The summed E-state index contributed by atoms with van der Waals surface area (Å²) >= 11 is 9.30. The van der Waals surface area contributed by atoms with Crippen molar-refractivity contribution in [2.75, 3.05) is 6.54 Å². The zero-order chi connectivity index (χ0) is 21.8. The SMILES string of the molecule is O=C(Cn1c(CCNC(=O)c2ccc(Br)cc2)nc2ccccc21)c1ccc(Cl)cc1. The van der Waals surface area contributed by atoms with Gasteiger partial charge in [-0.3, -0.25) is 9.59 Å². The van der Waals surface area contributed by atoms with Crippen LogP contribution in [-0.2, 0) is 13.0 Å². The summed E-state index contributed by atoms with van der Waals surface area (Å²) in [5.41, 5.74) is 2.89. The van der Waals surface area contributed by atoms with Crippen molar-refractivity contribution in [3.05, 3.63) is 99.2 Å². The van der Waals surface area contributed by atoms with Crippen molar-refractivity contribution in [1.29, 1.82) is 0 Å². The van der Waals surface area contributed by atoms with E-state index in [0.717, 1.165) is 21.3 Å². The predicted molar refractivity (Wildman–Crippen MR) is 126 cm³/mol. The van der Waals surface area contributed by atoms with Crippen molar-refractivity contribution in [3.63, 3.8) is 0 Å². The van der Waals surface area contributed by atoms with Gasteiger partial charge in [-0.15, -0.1) is 0 Å². The molecule has 4 rings (SSSR count). The molecule has 0 saturated carbocycles. The zero-order valence-electron chi connectivity index (χ0n) is 16.5. The number of carbonyl (C=O) groups is 2. The minimum absolute atomic E-state index is 0.0278. The van der Waals surface area contributed by atoms with Crippen molar-refractivity contribution in [2.45, 2.75) is 13.0 Å². The van der Waals surface area contributed by atoms with Crippen molar-refractivity contribution in [1.82, 2.24) is 14.9 Å². The van der Waals surface area contributed by atoms with E-state index in [1.807, 2.05) is 41.0 Å². The van der Waals surface area contributed by atoms with Crippen molar-refractivity contribution in [3.8, 4) is 0 Å². The average molecular weight is 497 g/mol. The Kier molecular flexibility index (Phi) is 6.49. The summed E-state index contributed by atoms with van der Waals surface area (Å²) < 4.78 is 2.83. The summed E-state index contributed by atoms with van der Waals surface area (Å²) in [4.78, 5) is 29.9. The first-order valence-electron chi connectivity index (χ1n) is 9.78. The van der Waals surface area contributed by atoms with Crippen LogP contribution in [0.4, 0.5) is 0 Å². The van der Waals surface area contributed by atoms with Crippen molar-refractivity contribution >= 4 is 50.3 Å². The molecule has 1 aromatic heterocycles. The molecule has 0 bridgehead atoms. The second-order valence-corrected chi connectivity index (χ2v) is 8.40. The standard InChI is InChI=1S/C24H19BrClN3O2/c25-18-9-5-17(6-10-18)24(31)27-14-13-23-28-20-3-1-2-4-21(20)29(23)15-22(30)16-7-11-19(26)12-8-16/h1-12H,13-15H2,(H,27,31). The molecule has 1 amide bonds. The van der Waals surface area contributed by atoms with Gasteiger partial charge in [0.05, 0.1) is 17.6 Å². The minimum Gasteiger partial charge on any atom is -0.352 e. The summed E-state index contributed by atoms with van der Waals surface area (Å²) in [6.45, 7) is 0.575. The van der Waals surface area contributed by atoms with Gasteiger partial charge in [0.1, 0.15) is 5.82 Å². The van der Waals surface area contributed by atoms with Crippen LogP contribution >= 0.6 is 27.5 Å². The molecule has 31 heavy (non-hydrogen) atoms. The molecule has 1 heterocycles. The van der Waals surface area contributed by atoms with E-state index in [0.29, 0.717) is 29.1 Å². The molecule has 3 aromatic carbocycles. The lowest BCUT2D eigenvalue weighted by molar-refractivity contribution is 0.0948. The number of benzene rings is 3. The Morgan fingerprint density at radius 1 is 0.935 bits per heavy atom. The summed E-state index contributed by atoms with van der Waals surface area (Å²) in [5.74, 6) is 0.576. The molecule has 0 aliphatic heterocycles. The number of aromatic nitrogens is 2. The summed E-state index contributed by atoms with van der Waals surface area (Å²) in [6.07, 6.45) is 0.505. The number of amides is 1. The van der Waals surface area contributed by atoms with Crippen molar-refractivity contribution < 1.29 is 9.59 Å². The molecule has 0 unspecified atom stereocenters. The zero-order valence-corrected chi connectivity index (χ0v) is 18.9. The van der Waals surface area contributed by atoms with Gasteiger partial charge in [0, 0.05) is 33.6 Å². The first-order valence-corrected chi connectivity index (χ1v) is 10.9. The highest BCUT2D eigenvalue weighted by molar-refractivity contribution is 9.10. The van der Waals surface area contributed by atoms with Crippen LogP contribution in [0.3, 0.4) is 0 Å². The van der Waals surface area contributed by atoms with E-state index in [1.54, 1.807) is 36.4 Å². The van der Waals surface area contributed by atoms with E-state index in [2.05, 4.69) is 26.2 Å². The molecule has 4 aromatic rings. The van der Waals surface area contributed by atoms with E-state index in [1.165, 1.54) is 0 Å². The Labute approximate surface area is 193 Å². The summed E-state index contributed by atoms with van der Waals surface area (Å²) in [7, 11) is 0. The third-order valence-corrected chi connectivity index (χ3v) is 5.72. The van der Waals surface area contributed by atoms with Gasteiger partial charge in [0.25, 0.3) is 5.91 Å². The molecule has 0 saturated heterocycles. The number of ketones is 1. The molecule has 0 atom stereocenters. The molecule has 0 aliphatic carbocycles. The largest absolute Gasteiger partial charge is 0.352 e. The minimum atomic E-state index is -0.146. The number of carbonyl (C=O) groups excluding carboxylic acids is 2. The van der Waals surface area contributed by atoms with Gasteiger partial charge >= 0.3 is 0 Å². The van der Waals surface area contributed by atoms with Crippen LogP contribution in [0.2, 0.25) is 5.02 Å². The number of hydrogen-bond donors (Lipinski definition) is 1. The Bertz CT molecular complexity index is 1230. The van der Waals surface area contributed by atoms with Crippen LogP contribution in [0.1, 0.15) is 26.5 Å². The van der Waals surface area contributed by atoms with Crippen LogP contribution in [0.25, 0.3) is 11.0 Å². The van der Waals surface area contributed by atoms with Gasteiger partial charge in [-0.2, -0.15) is 0 Å². The quantitative estimate of drug-likeness (QED) is 0.353. The number of nitrogens with zero attached hydrogens (tertiary/aromatic N) is 2. The second kappa shape index (κ2) is 9.45. The normalized spacial score (nSPS) is 10.9. The third-order valence-electron chi connectivity index (χ3n) is 4.94. The number of rotatable bonds is 7. The Morgan fingerprint density at radius 2 is 1.61 bits per heavy atom. The number of Topliss-reactive ketones (excluding diaryl/α,β-unsaturated/α-hetero) is 1. The Morgan fingerprint density at radius 3 is 2.35 bits per heavy atom. The highest BCUT2D eigenvalue weighted by Gasteiger charge is 2.15. The van der Waals surface area contributed by atoms with Gasteiger partial charge < -0.3 is 9.88 Å². The molecule has 0 fully saturated rings. The van der Waals surface area contributed by atoms with E-state index in [-0.39, 0.29) is 18.2 Å². The molecule has 0 spiro atoms. The lowest BCUT2D eigenvalue weighted by atomic mass is 10.1. The monoisotopic (exact) mass is 495 g/mol. The topological polar surface area (TPSA) is 64.0 Å². The van der Waals surface area contributed by atoms with Gasteiger partial charge in [-0.1, -0.05) is 39.7 Å². The van der Waals surface area contributed by atoms with E-state index in [9.17, 15) is 9.59 Å². The number of imidazole rings is 1. The average Bonchev–Trinajstić information content (AvgIpc) is 3.12. The molecule has 0 radical (unpaired) electrons. The smallest absolute Gasteiger partial charge is 0.251 e. The lowest BCUT2D eigenvalue weighted by Crippen LogP contribution is -2.26. The van der Waals surface area contributed by atoms with Crippen LogP contribution in [0.5, 0.6) is 0 Å². The van der Waals surface area contributed by atoms with E-state index in [4.69, 9.17) is 11.6 Å². The molecule has 0 aliphatic rings. The molecule has 7 heteroatoms. The highest BCUT2D eigenvalue weighted by atomic mass is 79.9. The maximum atomic E-state index is 12.8. The van der Waals surface area contributed by atoms with Gasteiger partial charge in [-0.25, -0.2) is 4.98 Å². The maximum Gasteiger partial charge on any atom is 0.251 e. The first kappa shape index (κ1) is 21.3. The fraction of sp³-hybridized carbons (Fsp3) is 0.125. The highest BCUT2D eigenvalue weighted by Crippen LogP contribution is 2.18. The fourth-order valence-electron chi connectivity index (χ4n) is 3.35. The number of hydrogen-bond acceptors (Lipinski definition) is 3. The lowest BCUT2D eigenvalue weighted by Gasteiger charge is -2.10. The molecule has 1 N–H and O–H groups in total. The van der Waals surface area contributed by atoms with Crippen LogP contribution in [0, 0.1) is 0 Å². The summed E-state index contributed by atoms with van der Waals surface area (Å²) in [6, 6.07) is 21.8. The third kappa shape index (κ3) is 5.03. The summed E-state index contributed by atoms with van der Waals surface area (Å²) in [5, 5.41) is 3.51. The molecular weight excluding hydrogens is 478 g/mol. The van der Waals surface area contributed by atoms with Gasteiger partial charge in [0.2, 0.25) is 0 Å². The Hall–Kier alpha value is -2.96. The number of para-hydroxylation sites is 2. The number of nitrogens with one attached hydrogen (secondary N) is 1. The molecule has 156 valence electrons.